The highest BCUT2D eigenvalue weighted by Crippen LogP contribution is 2.31. The van der Waals surface area contributed by atoms with Crippen LogP contribution < -0.4 is 0 Å². The highest BCUT2D eigenvalue weighted by Gasteiger charge is 2.12. The van der Waals surface area contributed by atoms with E-state index in [1.165, 1.54) is 0 Å². The van der Waals surface area contributed by atoms with E-state index in [1.54, 1.807) is 17.5 Å². The van der Waals surface area contributed by atoms with Crippen molar-refractivity contribution in [1.29, 1.82) is 0 Å². The number of hydrogen-bond donors (Lipinski definition) is 0. The third kappa shape index (κ3) is 2.26. The number of aromatic nitrogens is 3. The molecule has 0 spiro atoms. The Balaban J connectivity index is 2.31. The van der Waals surface area contributed by atoms with E-state index in [1.807, 2.05) is 26.0 Å². The number of aryl methyl sites for hydroxylation is 2. The molecule has 0 amide bonds. The standard InChI is InChI=1S/C13H9BrClN3S/c1-6-9(14)4-3-8-11(6)17-13(18-12(8)15)10-5-16-7(2)19-10/h3-5H,1-2H3. The predicted molar refractivity (Wildman–Crippen MR) is 82.8 cm³/mol. The number of fused-ring (bicyclic) bond motifs is 1. The maximum absolute atomic E-state index is 6.26. The van der Waals surface area contributed by atoms with Crippen molar-refractivity contribution in [3.63, 3.8) is 0 Å². The van der Waals surface area contributed by atoms with Gasteiger partial charge in [0.05, 0.1) is 15.4 Å². The average molecular weight is 355 g/mol. The van der Waals surface area contributed by atoms with E-state index in [2.05, 4.69) is 30.9 Å². The first-order valence-corrected chi connectivity index (χ1v) is 7.60. The van der Waals surface area contributed by atoms with Crippen molar-refractivity contribution >= 4 is 49.8 Å². The first-order chi connectivity index (χ1) is 9.06. The Kier molecular flexibility index (Phi) is 3.28. The van der Waals surface area contributed by atoms with Crippen molar-refractivity contribution in [2.45, 2.75) is 13.8 Å². The summed E-state index contributed by atoms with van der Waals surface area (Å²) in [6.45, 7) is 3.97. The first kappa shape index (κ1) is 13.0. The van der Waals surface area contributed by atoms with Crippen LogP contribution in [0.5, 0.6) is 0 Å². The summed E-state index contributed by atoms with van der Waals surface area (Å²) in [6.07, 6.45) is 1.78. The lowest BCUT2D eigenvalue weighted by atomic mass is 10.1. The molecule has 0 unspecified atom stereocenters. The molecule has 0 aliphatic heterocycles. The summed E-state index contributed by atoms with van der Waals surface area (Å²) in [5, 5.41) is 2.33. The Hall–Kier alpha value is -1.04. The summed E-state index contributed by atoms with van der Waals surface area (Å²) in [6, 6.07) is 3.89. The first-order valence-electron chi connectivity index (χ1n) is 5.61. The molecule has 0 atom stereocenters. The van der Waals surface area contributed by atoms with Gasteiger partial charge >= 0.3 is 0 Å². The van der Waals surface area contributed by atoms with E-state index in [-0.39, 0.29) is 0 Å². The second kappa shape index (κ2) is 4.81. The van der Waals surface area contributed by atoms with Crippen LogP contribution >= 0.6 is 38.9 Å². The number of nitrogens with zero attached hydrogens (tertiary/aromatic N) is 3. The van der Waals surface area contributed by atoms with E-state index in [0.29, 0.717) is 11.0 Å². The van der Waals surface area contributed by atoms with E-state index >= 15 is 0 Å². The van der Waals surface area contributed by atoms with Gasteiger partial charge in [0.1, 0.15) is 5.15 Å². The van der Waals surface area contributed by atoms with Gasteiger partial charge in [-0.15, -0.1) is 11.3 Å². The molecule has 0 N–H and O–H groups in total. The monoisotopic (exact) mass is 353 g/mol. The summed E-state index contributed by atoms with van der Waals surface area (Å²) in [7, 11) is 0. The largest absolute Gasteiger partial charge is 0.249 e. The van der Waals surface area contributed by atoms with Crippen LogP contribution in [-0.4, -0.2) is 15.0 Å². The number of thiazole rings is 1. The predicted octanol–water partition coefficient (Wildman–Crippen LogP) is 4.79. The van der Waals surface area contributed by atoms with Gasteiger partial charge in [0.2, 0.25) is 0 Å². The molecule has 0 radical (unpaired) electrons. The maximum Gasteiger partial charge on any atom is 0.173 e. The molecule has 6 heteroatoms. The van der Waals surface area contributed by atoms with Crippen molar-refractivity contribution in [2.75, 3.05) is 0 Å². The van der Waals surface area contributed by atoms with Crippen molar-refractivity contribution < 1.29 is 0 Å². The van der Waals surface area contributed by atoms with Crippen molar-refractivity contribution in [1.82, 2.24) is 15.0 Å². The van der Waals surface area contributed by atoms with Crippen LogP contribution in [0.2, 0.25) is 5.15 Å². The van der Waals surface area contributed by atoms with E-state index < -0.39 is 0 Å². The molecule has 2 heterocycles. The van der Waals surface area contributed by atoms with Gasteiger partial charge in [0, 0.05) is 16.1 Å². The van der Waals surface area contributed by atoms with Crippen LogP contribution in [0.15, 0.2) is 22.8 Å². The topological polar surface area (TPSA) is 38.7 Å². The van der Waals surface area contributed by atoms with E-state index in [0.717, 1.165) is 30.8 Å². The van der Waals surface area contributed by atoms with Crippen LogP contribution in [-0.2, 0) is 0 Å². The van der Waals surface area contributed by atoms with Gasteiger partial charge in [-0.25, -0.2) is 15.0 Å². The quantitative estimate of drug-likeness (QED) is 0.590. The Labute approximate surface area is 127 Å². The van der Waals surface area contributed by atoms with Crippen molar-refractivity contribution in [2.24, 2.45) is 0 Å². The number of rotatable bonds is 1. The Morgan fingerprint density at radius 1 is 1.21 bits per heavy atom. The Bertz CT molecular complexity index is 785. The molecule has 0 fully saturated rings. The lowest BCUT2D eigenvalue weighted by Crippen LogP contribution is -1.93. The molecule has 0 aliphatic carbocycles. The minimum Gasteiger partial charge on any atom is -0.249 e. The van der Waals surface area contributed by atoms with Crippen LogP contribution in [0, 0.1) is 13.8 Å². The summed E-state index contributed by atoms with van der Waals surface area (Å²) in [4.78, 5) is 14.2. The molecule has 0 saturated carbocycles. The Morgan fingerprint density at radius 3 is 2.68 bits per heavy atom. The van der Waals surface area contributed by atoms with E-state index in [9.17, 15) is 0 Å². The summed E-state index contributed by atoms with van der Waals surface area (Å²) in [5.41, 5.74) is 1.93. The zero-order valence-corrected chi connectivity index (χ0v) is 13.4. The lowest BCUT2D eigenvalue weighted by Gasteiger charge is -2.06. The van der Waals surface area contributed by atoms with Gasteiger partial charge in [0.15, 0.2) is 5.82 Å². The molecule has 0 aliphatic rings. The highest BCUT2D eigenvalue weighted by atomic mass is 79.9. The molecule has 0 saturated heterocycles. The second-order valence-electron chi connectivity index (χ2n) is 4.15. The second-order valence-corrected chi connectivity index (χ2v) is 6.60. The zero-order valence-electron chi connectivity index (χ0n) is 10.2. The zero-order chi connectivity index (χ0) is 13.6. The summed E-state index contributed by atoms with van der Waals surface area (Å²) < 4.78 is 1.02. The highest BCUT2D eigenvalue weighted by molar-refractivity contribution is 9.10. The molecule has 0 bridgehead atoms. The number of halogens is 2. The third-order valence-corrected chi connectivity index (χ3v) is 4.91. The Morgan fingerprint density at radius 2 is 2.00 bits per heavy atom. The minimum atomic E-state index is 0.474. The molecule has 3 rings (SSSR count). The van der Waals surface area contributed by atoms with Crippen LogP contribution in [0.25, 0.3) is 21.6 Å². The maximum atomic E-state index is 6.26. The molecule has 1 aromatic carbocycles. The van der Waals surface area contributed by atoms with Crippen molar-refractivity contribution in [3.8, 4) is 10.7 Å². The van der Waals surface area contributed by atoms with Crippen LogP contribution in [0.4, 0.5) is 0 Å². The van der Waals surface area contributed by atoms with Crippen molar-refractivity contribution in [3.05, 3.63) is 38.5 Å². The fourth-order valence-electron chi connectivity index (χ4n) is 1.85. The molecular weight excluding hydrogens is 346 g/mol. The van der Waals surface area contributed by atoms with Gasteiger partial charge in [-0.3, -0.25) is 0 Å². The van der Waals surface area contributed by atoms with Crippen LogP contribution in [0.1, 0.15) is 10.6 Å². The molecular formula is C13H9BrClN3S. The van der Waals surface area contributed by atoms with Gasteiger partial charge in [-0.1, -0.05) is 27.5 Å². The average Bonchev–Trinajstić information content (AvgIpc) is 2.81. The van der Waals surface area contributed by atoms with Gasteiger partial charge in [-0.05, 0) is 31.5 Å². The summed E-state index contributed by atoms with van der Waals surface area (Å²) in [5.74, 6) is 0.629. The van der Waals surface area contributed by atoms with Crippen LogP contribution in [0.3, 0.4) is 0 Å². The van der Waals surface area contributed by atoms with Gasteiger partial charge in [-0.2, -0.15) is 0 Å². The van der Waals surface area contributed by atoms with Gasteiger partial charge in [0.25, 0.3) is 0 Å². The molecule has 2 aromatic heterocycles. The van der Waals surface area contributed by atoms with Gasteiger partial charge < -0.3 is 0 Å². The normalized spacial score (nSPS) is 11.2. The fraction of sp³-hybridized carbons (Fsp3) is 0.154. The summed E-state index contributed by atoms with van der Waals surface area (Å²) >= 11 is 11.3. The SMILES string of the molecule is Cc1ncc(-c2nc(Cl)c3ccc(Br)c(C)c3n2)s1. The number of hydrogen-bond acceptors (Lipinski definition) is 4. The fourth-order valence-corrected chi connectivity index (χ4v) is 3.11. The number of benzene rings is 1. The molecule has 3 nitrogen and oxygen atoms in total. The third-order valence-electron chi connectivity index (χ3n) is 2.85. The molecule has 3 aromatic rings. The smallest absolute Gasteiger partial charge is 0.173 e. The molecule has 96 valence electrons. The van der Waals surface area contributed by atoms with E-state index in [4.69, 9.17) is 11.6 Å². The minimum absolute atomic E-state index is 0.474. The molecule has 19 heavy (non-hydrogen) atoms. The lowest BCUT2D eigenvalue weighted by molar-refractivity contribution is 1.22.